The quantitative estimate of drug-likeness (QED) is 0.715. The summed E-state index contributed by atoms with van der Waals surface area (Å²) in [5.41, 5.74) is 3.96. The van der Waals surface area contributed by atoms with Gasteiger partial charge in [0.1, 0.15) is 0 Å². The van der Waals surface area contributed by atoms with Crippen LogP contribution in [0.4, 0.5) is 17.1 Å². The van der Waals surface area contributed by atoms with Gasteiger partial charge in [0.2, 0.25) is 0 Å². The molecule has 1 heterocycles. The van der Waals surface area contributed by atoms with E-state index >= 15 is 0 Å². The predicted molar refractivity (Wildman–Crippen MR) is 97.9 cm³/mol. The van der Waals surface area contributed by atoms with Crippen molar-refractivity contribution in [2.75, 3.05) is 29.9 Å². The van der Waals surface area contributed by atoms with Crippen LogP contribution in [0.3, 0.4) is 0 Å². The monoisotopic (exact) mass is 312 g/mol. The van der Waals surface area contributed by atoms with Gasteiger partial charge in [-0.2, -0.15) is 0 Å². The molecule has 0 saturated heterocycles. The molecule has 0 aliphatic carbocycles. The standard InChI is InChI=1S/C19H24N2S/c1-4-12-21(13-5-2)15-10-11-19-17(14-15)20(3)16-8-6-7-9-18(16)22-19/h6-11,14H,4-5,12-13H2,1-3H3. The minimum Gasteiger partial charge on any atom is -0.371 e. The molecule has 0 atom stereocenters. The smallest absolute Gasteiger partial charge is 0.0571 e. The maximum atomic E-state index is 2.50. The molecule has 0 radical (unpaired) electrons. The molecule has 22 heavy (non-hydrogen) atoms. The van der Waals surface area contributed by atoms with E-state index in [1.165, 1.54) is 39.7 Å². The van der Waals surface area contributed by atoms with Gasteiger partial charge < -0.3 is 9.80 Å². The van der Waals surface area contributed by atoms with Crippen molar-refractivity contribution in [1.29, 1.82) is 0 Å². The highest BCUT2D eigenvalue weighted by Crippen LogP contribution is 2.48. The Balaban J connectivity index is 1.96. The maximum Gasteiger partial charge on any atom is 0.0571 e. The molecule has 0 unspecified atom stereocenters. The van der Waals surface area contributed by atoms with E-state index in [4.69, 9.17) is 0 Å². The van der Waals surface area contributed by atoms with Crippen molar-refractivity contribution in [2.24, 2.45) is 0 Å². The molecule has 0 bridgehead atoms. The third-order valence-corrected chi connectivity index (χ3v) is 5.23. The third-order valence-electron chi connectivity index (χ3n) is 4.10. The first-order valence-corrected chi connectivity index (χ1v) is 8.95. The molecule has 0 fully saturated rings. The van der Waals surface area contributed by atoms with Gasteiger partial charge >= 0.3 is 0 Å². The van der Waals surface area contributed by atoms with E-state index in [2.05, 4.69) is 73.2 Å². The van der Waals surface area contributed by atoms with Crippen molar-refractivity contribution in [3.05, 3.63) is 42.5 Å². The number of nitrogens with zero attached hydrogens (tertiary/aromatic N) is 2. The fraction of sp³-hybridized carbons (Fsp3) is 0.368. The van der Waals surface area contributed by atoms with Crippen LogP contribution in [0.15, 0.2) is 52.3 Å². The Morgan fingerprint density at radius 3 is 2.32 bits per heavy atom. The van der Waals surface area contributed by atoms with Crippen molar-refractivity contribution in [3.63, 3.8) is 0 Å². The Kier molecular flexibility index (Phi) is 4.63. The molecule has 3 heteroatoms. The van der Waals surface area contributed by atoms with E-state index in [-0.39, 0.29) is 0 Å². The summed E-state index contributed by atoms with van der Waals surface area (Å²) in [5.74, 6) is 0. The second-order valence-electron chi connectivity index (χ2n) is 5.77. The van der Waals surface area contributed by atoms with Gasteiger partial charge in [-0.05, 0) is 43.2 Å². The number of rotatable bonds is 5. The Bertz CT molecular complexity index is 648. The van der Waals surface area contributed by atoms with Crippen LogP contribution in [0, 0.1) is 0 Å². The minimum absolute atomic E-state index is 1.13. The van der Waals surface area contributed by atoms with E-state index in [1.54, 1.807) is 0 Å². The fourth-order valence-electron chi connectivity index (χ4n) is 3.03. The lowest BCUT2D eigenvalue weighted by Crippen LogP contribution is -2.25. The molecular formula is C19H24N2S. The second kappa shape index (κ2) is 6.66. The third kappa shape index (κ3) is 2.82. The van der Waals surface area contributed by atoms with Crippen molar-refractivity contribution in [1.82, 2.24) is 0 Å². The zero-order chi connectivity index (χ0) is 15.5. The van der Waals surface area contributed by atoms with Gasteiger partial charge in [-0.3, -0.25) is 0 Å². The molecule has 3 rings (SSSR count). The highest BCUT2D eigenvalue weighted by molar-refractivity contribution is 7.99. The number of para-hydroxylation sites is 1. The lowest BCUT2D eigenvalue weighted by molar-refractivity contribution is 0.744. The summed E-state index contributed by atoms with van der Waals surface area (Å²) in [5, 5.41) is 0. The van der Waals surface area contributed by atoms with Crippen molar-refractivity contribution in [3.8, 4) is 0 Å². The van der Waals surface area contributed by atoms with Crippen molar-refractivity contribution in [2.45, 2.75) is 36.5 Å². The number of fused-ring (bicyclic) bond motifs is 2. The number of hydrogen-bond donors (Lipinski definition) is 0. The number of hydrogen-bond acceptors (Lipinski definition) is 3. The largest absolute Gasteiger partial charge is 0.371 e. The molecule has 0 spiro atoms. The van der Waals surface area contributed by atoms with Crippen LogP contribution in [0.25, 0.3) is 0 Å². The molecule has 2 aromatic rings. The molecule has 0 saturated carbocycles. The summed E-state index contributed by atoms with van der Waals surface area (Å²) >= 11 is 1.87. The molecule has 2 aromatic carbocycles. The van der Waals surface area contributed by atoms with Gasteiger partial charge in [-0.1, -0.05) is 37.7 Å². The first-order chi connectivity index (χ1) is 10.7. The summed E-state index contributed by atoms with van der Waals surface area (Å²) in [6.45, 7) is 6.75. The van der Waals surface area contributed by atoms with Gasteiger partial charge in [0.25, 0.3) is 0 Å². The maximum absolute atomic E-state index is 2.50. The number of anilines is 3. The normalized spacial score (nSPS) is 12.8. The number of benzene rings is 2. The molecule has 2 nitrogen and oxygen atoms in total. The topological polar surface area (TPSA) is 6.48 Å². The lowest BCUT2D eigenvalue weighted by atomic mass is 10.2. The van der Waals surface area contributed by atoms with Crippen LogP contribution in [-0.2, 0) is 0 Å². The Hall–Kier alpha value is -1.61. The van der Waals surface area contributed by atoms with E-state index in [1.807, 2.05) is 11.8 Å². The zero-order valence-electron chi connectivity index (χ0n) is 13.7. The first-order valence-electron chi connectivity index (χ1n) is 8.14. The van der Waals surface area contributed by atoms with E-state index in [0.717, 1.165) is 13.1 Å². The minimum atomic E-state index is 1.13. The SMILES string of the molecule is CCCN(CCC)c1ccc2c(c1)N(C)c1ccccc1S2. The van der Waals surface area contributed by atoms with Crippen LogP contribution in [0.2, 0.25) is 0 Å². The summed E-state index contributed by atoms with van der Waals surface area (Å²) in [7, 11) is 2.17. The lowest BCUT2D eigenvalue weighted by Gasteiger charge is -2.31. The summed E-state index contributed by atoms with van der Waals surface area (Å²) < 4.78 is 0. The summed E-state index contributed by atoms with van der Waals surface area (Å²) in [4.78, 5) is 7.50. The average Bonchev–Trinajstić information content (AvgIpc) is 2.55. The van der Waals surface area contributed by atoms with Crippen LogP contribution < -0.4 is 9.80 Å². The molecule has 0 amide bonds. The Morgan fingerprint density at radius 2 is 1.59 bits per heavy atom. The van der Waals surface area contributed by atoms with E-state index < -0.39 is 0 Å². The zero-order valence-corrected chi connectivity index (χ0v) is 14.5. The first kappa shape index (κ1) is 15.3. The summed E-state index contributed by atoms with van der Waals surface area (Å²) in [6, 6.07) is 15.5. The van der Waals surface area contributed by atoms with Crippen LogP contribution in [-0.4, -0.2) is 20.1 Å². The second-order valence-corrected chi connectivity index (χ2v) is 6.85. The van der Waals surface area contributed by atoms with Crippen molar-refractivity contribution < 1.29 is 0 Å². The van der Waals surface area contributed by atoms with Crippen LogP contribution in [0.1, 0.15) is 26.7 Å². The Morgan fingerprint density at radius 1 is 0.909 bits per heavy atom. The highest BCUT2D eigenvalue weighted by atomic mass is 32.2. The average molecular weight is 312 g/mol. The van der Waals surface area contributed by atoms with E-state index in [9.17, 15) is 0 Å². The van der Waals surface area contributed by atoms with Gasteiger partial charge in [0.15, 0.2) is 0 Å². The van der Waals surface area contributed by atoms with Crippen LogP contribution in [0.5, 0.6) is 0 Å². The fourth-order valence-corrected chi connectivity index (χ4v) is 4.16. The van der Waals surface area contributed by atoms with Gasteiger partial charge in [-0.15, -0.1) is 0 Å². The van der Waals surface area contributed by atoms with Gasteiger partial charge in [0.05, 0.1) is 11.4 Å². The molecular weight excluding hydrogens is 288 g/mol. The van der Waals surface area contributed by atoms with E-state index in [0.29, 0.717) is 0 Å². The van der Waals surface area contributed by atoms with Crippen LogP contribution >= 0.6 is 11.8 Å². The van der Waals surface area contributed by atoms with Gasteiger partial charge in [-0.25, -0.2) is 0 Å². The molecule has 0 N–H and O–H groups in total. The highest BCUT2D eigenvalue weighted by Gasteiger charge is 2.21. The van der Waals surface area contributed by atoms with Gasteiger partial charge in [0, 0.05) is 35.6 Å². The molecule has 1 aliphatic heterocycles. The van der Waals surface area contributed by atoms with Crippen molar-refractivity contribution >= 4 is 28.8 Å². The molecule has 0 aromatic heterocycles. The molecule has 116 valence electrons. The summed E-state index contributed by atoms with van der Waals surface area (Å²) in [6.07, 6.45) is 2.37. The Labute approximate surface area is 138 Å². The molecule has 1 aliphatic rings. The predicted octanol–water partition coefficient (Wildman–Crippen LogP) is 5.55.